The van der Waals surface area contributed by atoms with Crippen molar-refractivity contribution in [3.05, 3.63) is 12.4 Å². The van der Waals surface area contributed by atoms with Gasteiger partial charge in [0.15, 0.2) is 0 Å². The number of hydrogen-bond acceptors (Lipinski definition) is 2. The van der Waals surface area contributed by atoms with E-state index in [0.29, 0.717) is 0 Å². The van der Waals surface area contributed by atoms with Gasteiger partial charge in [0.05, 0.1) is 6.67 Å². The molecule has 0 radical (unpaired) electrons. The SMILES string of the molecule is CCCCCCN1C=CN(CCCCCC)C1. The zero-order valence-electron chi connectivity index (χ0n) is 11.8. The Bertz CT molecular complexity index is 181. The van der Waals surface area contributed by atoms with Crippen LogP contribution in [0.25, 0.3) is 0 Å². The molecule has 1 heterocycles. The highest BCUT2D eigenvalue weighted by Crippen LogP contribution is 2.10. The molecule has 0 unspecified atom stereocenters. The van der Waals surface area contributed by atoms with E-state index in [9.17, 15) is 0 Å². The highest BCUT2D eigenvalue weighted by Gasteiger charge is 2.10. The van der Waals surface area contributed by atoms with Crippen molar-refractivity contribution in [1.82, 2.24) is 9.80 Å². The Morgan fingerprint density at radius 3 is 1.59 bits per heavy atom. The first-order chi connectivity index (χ1) is 8.36. The minimum absolute atomic E-state index is 1.12. The van der Waals surface area contributed by atoms with E-state index in [2.05, 4.69) is 36.0 Å². The molecule has 0 fully saturated rings. The summed E-state index contributed by atoms with van der Waals surface area (Å²) in [6.45, 7) is 8.14. The normalized spacial score (nSPS) is 14.9. The second-order valence-corrected chi connectivity index (χ2v) is 5.19. The van der Waals surface area contributed by atoms with Gasteiger partial charge < -0.3 is 9.80 Å². The molecule has 0 amide bonds. The minimum Gasteiger partial charge on any atom is -0.359 e. The molecule has 0 saturated carbocycles. The summed E-state index contributed by atoms with van der Waals surface area (Å²) in [7, 11) is 0. The highest BCUT2D eigenvalue weighted by atomic mass is 15.3. The third-order valence-electron chi connectivity index (χ3n) is 3.45. The molecule has 0 aromatic rings. The van der Waals surface area contributed by atoms with Crippen LogP contribution in [0.15, 0.2) is 12.4 Å². The average Bonchev–Trinajstić information content (AvgIpc) is 2.78. The number of rotatable bonds is 10. The molecule has 0 spiro atoms. The van der Waals surface area contributed by atoms with Gasteiger partial charge in [0.25, 0.3) is 0 Å². The topological polar surface area (TPSA) is 6.48 Å². The van der Waals surface area contributed by atoms with Crippen molar-refractivity contribution in [2.75, 3.05) is 19.8 Å². The summed E-state index contributed by atoms with van der Waals surface area (Å²) in [5.74, 6) is 0. The first-order valence-corrected chi connectivity index (χ1v) is 7.53. The van der Waals surface area contributed by atoms with Crippen LogP contribution in [0.1, 0.15) is 65.2 Å². The van der Waals surface area contributed by atoms with Gasteiger partial charge in [-0.25, -0.2) is 0 Å². The summed E-state index contributed by atoms with van der Waals surface area (Å²) in [4.78, 5) is 4.91. The van der Waals surface area contributed by atoms with E-state index in [1.165, 1.54) is 64.5 Å². The average molecular weight is 238 g/mol. The summed E-state index contributed by atoms with van der Waals surface area (Å²) >= 11 is 0. The van der Waals surface area contributed by atoms with Crippen LogP contribution in [0.5, 0.6) is 0 Å². The van der Waals surface area contributed by atoms with E-state index in [0.717, 1.165) is 6.67 Å². The third kappa shape index (κ3) is 6.60. The van der Waals surface area contributed by atoms with Crippen LogP contribution >= 0.6 is 0 Å². The molecule has 0 aliphatic carbocycles. The smallest absolute Gasteiger partial charge is 0.0893 e. The fourth-order valence-electron chi connectivity index (χ4n) is 2.29. The standard InChI is InChI=1S/C15H30N2/c1-3-5-7-9-11-16-13-14-17(15-16)12-10-8-6-4-2/h13-14H,3-12,15H2,1-2H3. The molecule has 1 rings (SSSR count). The molecule has 2 nitrogen and oxygen atoms in total. The van der Waals surface area contributed by atoms with Gasteiger partial charge in [0.1, 0.15) is 0 Å². The van der Waals surface area contributed by atoms with Gasteiger partial charge in [-0.05, 0) is 12.8 Å². The maximum Gasteiger partial charge on any atom is 0.0893 e. The fourth-order valence-corrected chi connectivity index (χ4v) is 2.29. The van der Waals surface area contributed by atoms with Crippen molar-refractivity contribution in [3.8, 4) is 0 Å². The van der Waals surface area contributed by atoms with E-state index in [1.54, 1.807) is 0 Å². The van der Waals surface area contributed by atoms with E-state index >= 15 is 0 Å². The highest BCUT2D eigenvalue weighted by molar-refractivity contribution is 4.90. The van der Waals surface area contributed by atoms with Crippen LogP contribution in [0, 0.1) is 0 Å². The molecule has 100 valence electrons. The number of unbranched alkanes of at least 4 members (excludes halogenated alkanes) is 6. The Morgan fingerprint density at radius 1 is 0.706 bits per heavy atom. The van der Waals surface area contributed by atoms with Crippen LogP contribution in [0.3, 0.4) is 0 Å². The predicted molar refractivity (Wildman–Crippen MR) is 75.7 cm³/mol. The fraction of sp³-hybridized carbons (Fsp3) is 0.867. The van der Waals surface area contributed by atoms with E-state index < -0.39 is 0 Å². The molecular formula is C15H30N2. The maximum absolute atomic E-state index is 2.45. The van der Waals surface area contributed by atoms with Crippen molar-refractivity contribution in [2.24, 2.45) is 0 Å². The van der Waals surface area contributed by atoms with Crippen LogP contribution in [0.4, 0.5) is 0 Å². The summed E-state index contributed by atoms with van der Waals surface area (Å²) in [6, 6.07) is 0. The van der Waals surface area contributed by atoms with Gasteiger partial charge in [-0.1, -0.05) is 52.4 Å². The second kappa shape index (κ2) is 9.38. The Hall–Kier alpha value is -0.660. The van der Waals surface area contributed by atoms with Gasteiger partial charge in [-0.3, -0.25) is 0 Å². The van der Waals surface area contributed by atoms with Crippen molar-refractivity contribution in [2.45, 2.75) is 65.2 Å². The molecule has 0 atom stereocenters. The Balaban J connectivity index is 1.97. The molecule has 0 N–H and O–H groups in total. The monoisotopic (exact) mass is 238 g/mol. The number of hydrogen-bond donors (Lipinski definition) is 0. The largest absolute Gasteiger partial charge is 0.359 e. The molecule has 0 aromatic carbocycles. The first-order valence-electron chi connectivity index (χ1n) is 7.53. The molecule has 0 saturated heterocycles. The molecule has 1 aliphatic rings. The molecule has 0 bridgehead atoms. The summed E-state index contributed by atoms with van der Waals surface area (Å²) in [5.41, 5.74) is 0. The zero-order chi connectivity index (χ0) is 12.3. The Kier molecular flexibility index (Phi) is 7.94. The van der Waals surface area contributed by atoms with Crippen LogP contribution in [-0.2, 0) is 0 Å². The van der Waals surface area contributed by atoms with Gasteiger partial charge >= 0.3 is 0 Å². The first kappa shape index (κ1) is 14.4. The number of nitrogens with zero attached hydrogens (tertiary/aromatic N) is 2. The van der Waals surface area contributed by atoms with Crippen LogP contribution in [0.2, 0.25) is 0 Å². The Labute approximate surface area is 108 Å². The molecular weight excluding hydrogens is 208 g/mol. The van der Waals surface area contributed by atoms with E-state index in [-0.39, 0.29) is 0 Å². The lowest BCUT2D eigenvalue weighted by Gasteiger charge is -2.21. The predicted octanol–water partition coefficient (Wildman–Crippen LogP) is 4.19. The Morgan fingerprint density at radius 2 is 1.18 bits per heavy atom. The second-order valence-electron chi connectivity index (χ2n) is 5.19. The van der Waals surface area contributed by atoms with E-state index in [4.69, 9.17) is 0 Å². The summed E-state index contributed by atoms with van der Waals surface area (Å²) in [6.07, 6.45) is 15.4. The van der Waals surface area contributed by atoms with Gasteiger partial charge in [-0.15, -0.1) is 0 Å². The van der Waals surface area contributed by atoms with Crippen LogP contribution in [-0.4, -0.2) is 29.6 Å². The molecule has 0 aromatic heterocycles. The quantitative estimate of drug-likeness (QED) is 0.526. The lowest BCUT2D eigenvalue weighted by Crippen LogP contribution is -2.26. The van der Waals surface area contributed by atoms with Crippen molar-refractivity contribution in [1.29, 1.82) is 0 Å². The van der Waals surface area contributed by atoms with Gasteiger partial charge in [0.2, 0.25) is 0 Å². The van der Waals surface area contributed by atoms with E-state index in [1.807, 2.05) is 0 Å². The molecule has 17 heavy (non-hydrogen) atoms. The van der Waals surface area contributed by atoms with Crippen molar-refractivity contribution < 1.29 is 0 Å². The van der Waals surface area contributed by atoms with Gasteiger partial charge in [-0.2, -0.15) is 0 Å². The van der Waals surface area contributed by atoms with Crippen molar-refractivity contribution >= 4 is 0 Å². The maximum atomic E-state index is 2.45. The lowest BCUT2D eigenvalue weighted by atomic mass is 10.2. The summed E-state index contributed by atoms with van der Waals surface area (Å²) in [5, 5.41) is 0. The van der Waals surface area contributed by atoms with Gasteiger partial charge in [0, 0.05) is 25.5 Å². The molecule has 1 aliphatic heterocycles. The van der Waals surface area contributed by atoms with Crippen molar-refractivity contribution in [3.63, 3.8) is 0 Å². The zero-order valence-corrected chi connectivity index (χ0v) is 11.8. The summed E-state index contributed by atoms with van der Waals surface area (Å²) < 4.78 is 0. The lowest BCUT2D eigenvalue weighted by molar-refractivity contribution is 0.257. The third-order valence-corrected chi connectivity index (χ3v) is 3.45. The van der Waals surface area contributed by atoms with Crippen LogP contribution < -0.4 is 0 Å². The minimum atomic E-state index is 1.12. The molecule has 2 heteroatoms.